The van der Waals surface area contributed by atoms with Crippen LogP contribution in [0, 0.1) is 0 Å². The molecule has 0 aromatic carbocycles. The summed E-state index contributed by atoms with van der Waals surface area (Å²) in [6, 6.07) is 0. The molecule has 0 heterocycles. The minimum atomic E-state index is 2.21. The van der Waals surface area contributed by atoms with Crippen LogP contribution in [0.2, 0.25) is 0 Å². The lowest BCUT2D eigenvalue weighted by Gasteiger charge is -1.41. The van der Waals surface area contributed by atoms with Crippen LogP contribution in [0.1, 0.15) is 0 Å². The molecule has 0 saturated heterocycles. The molecule has 102 heavy (non-hydrogen) atoms. The van der Waals surface area contributed by atoms with Gasteiger partial charge in [-0.2, -0.15) is 0 Å². The Bertz CT molecular complexity index is 7690. The minimum absolute atomic E-state index is 2.21. The summed E-state index contributed by atoms with van der Waals surface area (Å²) in [6.07, 6.45) is 0. The summed E-state index contributed by atoms with van der Waals surface area (Å²) in [7, 11) is 0. The normalized spacial score (nSPS) is 3.96. The summed E-state index contributed by atoms with van der Waals surface area (Å²) in [4.78, 5) is 0. The van der Waals surface area contributed by atoms with Crippen molar-refractivity contribution in [2.45, 2.75) is 0 Å². The van der Waals surface area contributed by atoms with E-state index in [9.17, 15) is 0 Å². The molecule has 0 aliphatic rings. The zero-order valence-electron chi connectivity index (χ0n) is 51.1. The van der Waals surface area contributed by atoms with Gasteiger partial charge < -0.3 is 0 Å². The van der Waals surface area contributed by atoms with E-state index < -0.39 is 0 Å². The monoisotopic (exact) mass is 1250 g/mol. The fourth-order valence-corrected chi connectivity index (χ4v) is 3.12. The highest BCUT2D eigenvalue weighted by Gasteiger charge is 1.51. The molecular weight excluding hydrogens is 1250 g/mol. The van der Waals surface area contributed by atoms with Gasteiger partial charge in [0, 0.05) is 521 Å². The molecule has 0 spiro atoms. The molecule has 1 heteroatoms. The first-order chi connectivity index (χ1) is 50.9. The second-order valence-electron chi connectivity index (χ2n) is 12.5. The topological polar surface area (TPSA) is 0 Å². The first-order valence-electron chi connectivity index (χ1n) is 25.3. The van der Waals surface area contributed by atoms with E-state index >= 15 is 0 Å². The molecule has 0 fully saturated rings. The zero-order chi connectivity index (χ0) is 72.7. The van der Waals surface area contributed by atoms with Gasteiger partial charge in [-0.25, -0.2) is 0 Å². The standard InChI is InChI=1S/C101H2S/c1-2-3-4-5-6-7-8-9-10-11-12-13-14-15-16-17-18-19-20-21-22-23-24-25-26-27-28-29-30-31-32-33-34-35-36-37-38-39-40-41-42-43-44-45-46-47-48-49-50-51-52-53-54-55-56-57-58-59-60-61-62-63-64-65-66-67-68-69-70-71-72-73-74-75-76-77-78-79-80-81-82-83-84-85-86-87-88-89-90-91-92-93-94-95-96-97-98-99-100-101-102/h1H2. The average Bonchev–Trinajstić information content (AvgIpc) is 3.74. The van der Waals surface area contributed by atoms with Gasteiger partial charge in [-0.15, -0.1) is 0 Å². The van der Waals surface area contributed by atoms with E-state index in [1.807, 2.05) is 0 Å². The van der Waals surface area contributed by atoms with E-state index in [1.165, 1.54) is 0 Å². The van der Waals surface area contributed by atoms with Gasteiger partial charge in [0.2, 0.25) is 0 Å². The third-order valence-electron chi connectivity index (χ3n) is 6.20. The lowest BCUT2D eigenvalue weighted by molar-refractivity contribution is 2.10. The maximum atomic E-state index is 4.41. The molecule has 0 radical (unpaired) electrons. The number of hydrogen-bond donors (Lipinski definition) is 0. The molecule has 0 amide bonds. The molecule has 0 atom stereocenters. The molecule has 0 bridgehead atoms. The first-order valence-corrected chi connectivity index (χ1v) is 25.7. The Hall–Kier alpha value is -21.9. The second kappa shape index (κ2) is 79.1. The highest BCUT2D eigenvalue weighted by atomic mass is 32.1. The van der Waals surface area contributed by atoms with E-state index in [1.54, 1.807) is 0 Å². The Labute approximate surface area is 587 Å². The fraction of sp³-hybridized carbons (Fsp3) is 0. The fourth-order valence-electron chi connectivity index (χ4n) is 3.07. The van der Waals surface area contributed by atoms with Gasteiger partial charge in [0.05, 0.1) is 0 Å². The number of hydrogen-bond acceptors (Lipinski definition) is 1. The molecule has 0 aromatic rings. The summed E-state index contributed by atoms with van der Waals surface area (Å²) in [5.41, 5.74) is 247. The van der Waals surface area contributed by atoms with E-state index in [4.69, 9.17) is 0 Å². The van der Waals surface area contributed by atoms with Crippen LogP contribution < -0.4 is 0 Å². The molecule has 0 aliphatic heterocycles. The summed E-state index contributed by atoms with van der Waals surface area (Å²) >= 11 is 4.41. The van der Waals surface area contributed by atoms with E-state index in [-0.39, 0.29) is 0 Å². The highest BCUT2D eigenvalue weighted by molar-refractivity contribution is 7.78. The molecule has 0 N–H and O–H groups in total. The van der Waals surface area contributed by atoms with Gasteiger partial charge >= 0.3 is 0 Å². The molecule has 0 aromatic heterocycles. The predicted molar refractivity (Wildman–Crippen MR) is 366 cm³/mol. The summed E-state index contributed by atoms with van der Waals surface area (Å²) < 4.78 is 0. The molecule has 0 nitrogen and oxygen atoms in total. The molecule has 0 unspecified atom stereocenters. The molecule has 412 valence electrons. The SMILES string of the molecule is C=C=C=C=C=C=C=C=C=C=C=C=C=C=C=C=C=C=C=C=C=C=C=C=C=C=C=C=C=C=C=C=C=C=C=C=C=C=C=C=C=C=C=C=C=C=C=C=C=C=C=C=C=C=C=C=C=C=C=C=C=C=C=C=C=C=C=C=C=C=C=C=C=C=C=C=C=C=C=C=C=C=C=C=C=C=C=C=C=C=C=C=C=C=C=C=C=C=C=C=C=S. The maximum Gasteiger partial charge on any atom is 0.0148 e. The summed E-state index contributed by atoms with van der Waals surface area (Å²) in [5, 5.41) is 2.21. The largest absolute Gasteiger partial charge is 0.0687 e. The Morgan fingerprint density at radius 2 is 0.127 bits per heavy atom. The van der Waals surface area contributed by atoms with Crippen molar-refractivity contribution in [2.24, 2.45) is 0 Å². The van der Waals surface area contributed by atoms with Crippen molar-refractivity contribution in [3.05, 3.63) is 574 Å². The van der Waals surface area contributed by atoms with Crippen molar-refractivity contribution in [2.75, 3.05) is 0 Å². The Balaban J connectivity index is 6.18. The third-order valence-corrected chi connectivity index (χ3v) is 6.30. The van der Waals surface area contributed by atoms with Crippen molar-refractivity contribution >= 4 is 17.2 Å². The van der Waals surface area contributed by atoms with Crippen LogP contribution in [0.25, 0.3) is 0 Å². The van der Waals surface area contributed by atoms with Crippen molar-refractivity contribution in [3.8, 4) is 0 Å². The van der Waals surface area contributed by atoms with Crippen LogP contribution in [0.5, 0.6) is 0 Å². The minimum Gasteiger partial charge on any atom is -0.0687 e. The van der Waals surface area contributed by atoms with Gasteiger partial charge in [0.15, 0.2) is 0 Å². The lowest BCUT2D eigenvalue weighted by Crippen LogP contribution is -1.26. The predicted octanol–water partition coefficient (Wildman–Crippen LogP) is 16.1. The third kappa shape index (κ3) is 78.1. The van der Waals surface area contributed by atoms with Crippen molar-refractivity contribution in [1.29, 1.82) is 0 Å². The lowest BCUT2D eigenvalue weighted by atomic mass is 10.6. The maximum absolute atomic E-state index is 4.41. The van der Waals surface area contributed by atoms with Gasteiger partial charge in [0.1, 0.15) is 0 Å². The van der Waals surface area contributed by atoms with Crippen LogP contribution in [0.15, 0.2) is 574 Å². The molecule has 0 rings (SSSR count). The Morgan fingerprint density at radius 1 is 0.0784 bits per heavy atom. The van der Waals surface area contributed by atoms with Crippen LogP contribution >= 0.6 is 12.2 Å². The van der Waals surface area contributed by atoms with E-state index in [2.05, 4.69) is 591 Å². The zero-order valence-corrected chi connectivity index (χ0v) is 51.9. The van der Waals surface area contributed by atoms with Crippen LogP contribution in [-0.2, 0) is 0 Å². The highest BCUT2D eigenvalue weighted by Crippen LogP contribution is 1.66. The average molecular weight is 1250 g/mol. The summed E-state index contributed by atoms with van der Waals surface area (Å²) in [5.74, 6) is 0. The van der Waals surface area contributed by atoms with Crippen LogP contribution in [-0.4, -0.2) is 5.02 Å². The van der Waals surface area contributed by atoms with E-state index in [0.29, 0.717) is 0 Å². The van der Waals surface area contributed by atoms with Crippen molar-refractivity contribution in [3.63, 3.8) is 0 Å². The number of rotatable bonds is 0. The van der Waals surface area contributed by atoms with Crippen LogP contribution in [0.3, 0.4) is 0 Å². The van der Waals surface area contributed by atoms with Crippen LogP contribution in [0.4, 0.5) is 0 Å². The van der Waals surface area contributed by atoms with Crippen molar-refractivity contribution in [1.82, 2.24) is 0 Å². The van der Waals surface area contributed by atoms with E-state index in [0.717, 1.165) is 0 Å². The number of thiocarbonyl (C=S) groups is 1. The molecular formula is C101H2S. The van der Waals surface area contributed by atoms with Gasteiger partial charge in [-0.1, -0.05) is 5.73 Å². The van der Waals surface area contributed by atoms with Gasteiger partial charge in [-0.3, -0.25) is 0 Å². The second-order valence-corrected chi connectivity index (χ2v) is 12.7. The van der Waals surface area contributed by atoms with Crippen molar-refractivity contribution < 1.29 is 0 Å². The first kappa shape index (κ1) is 80.1. The Morgan fingerprint density at radius 3 is 0.176 bits per heavy atom. The molecule has 0 aliphatic carbocycles. The van der Waals surface area contributed by atoms with Gasteiger partial charge in [0.25, 0.3) is 0 Å². The molecule has 0 saturated carbocycles. The van der Waals surface area contributed by atoms with Gasteiger partial charge in [-0.05, 0) is 64.6 Å². The smallest absolute Gasteiger partial charge is 0.0148 e. The quantitative estimate of drug-likeness (QED) is 0.172. The summed E-state index contributed by atoms with van der Waals surface area (Å²) in [6.45, 7) is 3.32. The Kier molecular flexibility index (Phi) is 62.1.